The standard InChI is InChI=1S/C17H25F2NO2/c1-12-8-14(9-13(2)15(12)22-16(18)19)10-20-11-17(21)6-4-3-5-7-17/h8-9,16,20-21H,3-7,10-11H2,1-2H3. The van der Waals surface area contributed by atoms with Crippen molar-refractivity contribution in [2.45, 2.75) is 64.7 Å². The molecule has 1 saturated carbocycles. The first-order chi connectivity index (χ1) is 10.4. The first-order valence-corrected chi connectivity index (χ1v) is 7.88. The summed E-state index contributed by atoms with van der Waals surface area (Å²) in [5.74, 6) is 0.254. The Bertz CT molecular complexity index is 476. The molecule has 5 heteroatoms. The van der Waals surface area contributed by atoms with Crippen molar-refractivity contribution in [1.29, 1.82) is 0 Å². The third-order valence-electron chi connectivity index (χ3n) is 4.29. The van der Waals surface area contributed by atoms with Crippen molar-refractivity contribution in [2.75, 3.05) is 6.54 Å². The first kappa shape index (κ1) is 17.2. The number of alkyl halides is 2. The smallest absolute Gasteiger partial charge is 0.387 e. The van der Waals surface area contributed by atoms with E-state index in [1.54, 1.807) is 13.8 Å². The highest BCUT2D eigenvalue weighted by Crippen LogP contribution is 2.28. The Balaban J connectivity index is 1.93. The summed E-state index contributed by atoms with van der Waals surface area (Å²) in [5.41, 5.74) is 1.82. The normalized spacial score (nSPS) is 17.7. The van der Waals surface area contributed by atoms with Crippen LogP contribution in [0.1, 0.15) is 48.8 Å². The van der Waals surface area contributed by atoms with Crippen molar-refractivity contribution in [3.05, 3.63) is 28.8 Å². The predicted molar refractivity (Wildman–Crippen MR) is 82.3 cm³/mol. The second-order valence-electron chi connectivity index (χ2n) is 6.33. The quantitative estimate of drug-likeness (QED) is 0.841. The van der Waals surface area contributed by atoms with Crippen molar-refractivity contribution in [1.82, 2.24) is 5.32 Å². The largest absolute Gasteiger partial charge is 0.434 e. The zero-order valence-corrected chi connectivity index (χ0v) is 13.3. The molecule has 1 aliphatic rings. The van der Waals surface area contributed by atoms with E-state index >= 15 is 0 Å². The molecule has 124 valence electrons. The zero-order valence-electron chi connectivity index (χ0n) is 13.3. The zero-order chi connectivity index (χ0) is 16.2. The lowest BCUT2D eigenvalue weighted by Gasteiger charge is -2.32. The van der Waals surface area contributed by atoms with E-state index in [1.165, 1.54) is 6.42 Å². The maximum atomic E-state index is 12.4. The van der Waals surface area contributed by atoms with Crippen molar-refractivity contribution in [2.24, 2.45) is 0 Å². The summed E-state index contributed by atoms with van der Waals surface area (Å²) in [6.45, 7) is 1.91. The van der Waals surface area contributed by atoms with Gasteiger partial charge in [0, 0.05) is 13.1 Å². The minimum Gasteiger partial charge on any atom is -0.434 e. The van der Waals surface area contributed by atoms with Gasteiger partial charge in [-0.05, 0) is 43.4 Å². The molecule has 0 atom stereocenters. The van der Waals surface area contributed by atoms with Crippen molar-refractivity contribution in [3.8, 4) is 5.75 Å². The lowest BCUT2D eigenvalue weighted by Crippen LogP contribution is -2.41. The van der Waals surface area contributed by atoms with E-state index in [0.717, 1.165) is 31.2 Å². The van der Waals surface area contributed by atoms with Crippen LogP contribution in [0, 0.1) is 13.8 Å². The molecule has 0 aromatic heterocycles. The van der Waals surface area contributed by atoms with E-state index < -0.39 is 12.2 Å². The number of ether oxygens (including phenoxy) is 1. The molecule has 0 heterocycles. The summed E-state index contributed by atoms with van der Waals surface area (Å²) < 4.78 is 29.3. The minimum absolute atomic E-state index is 0.254. The molecule has 0 saturated heterocycles. The van der Waals surface area contributed by atoms with Gasteiger partial charge in [-0.1, -0.05) is 31.4 Å². The summed E-state index contributed by atoms with van der Waals surface area (Å²) in [4.78, 5) is 0. The van der Waals surface area contributed by atoms with E-state index in [2.05, 4.69) is 10.1 Å². The van der Waals surface area contributed by atoms with Gasteiger partial charge in [0.2, 0.25) is 0 Å². The second kappa shape index (κ2) is 7.38. The summed E-state index contributed by atoms with van der Waals surface area (Å²) in [5, 5.41) is 13.7. The summed E-state index contributed by atoms with van der Waals surface area (Å²) in [6.07, 6.45) is 5.05. The average Bonchev–Trinajstić information content (AvgIpc) is 2.43. The van der Waals surface area contributed by atoms with E-state index in [0.29, 0.717) is 24.2 Å². The van der Waals surface area contributed by atoms with Crippen LogP contribution in [0.2, 0.25) is 0 Å². The summed E-state index contributed by atoms with van der Waals surface area (Å²) in [6, 6.07) is 3.70. The topological polar surface area (TPSA) is 41.5 Å². The maximum absolute atomic E-state index is 12.4. The van der Waals surface area contributed by atoms with E-state index in [4.69, 9.17) is 0 Å². The van der Waals surface area contributed by atoms with Crippen molar-refractivity contribution < 1.29 is 18.6 Å². The third-order valence-corrected chi connectivity index (χ3v) is 4.29. The van der Waals surface area contributed by atoms with Gasteiger partial charge in [-0.25, -0.2) is 0 Å². The van der Waals surface area contributed by atoms with Gasteiger partial charge < -0.3 is 15.2 Å². The van der Waals surface area contributed by atoms with Gasteiger partial charge in [0.1, 0.15) is 5.75 Å². The Kier molecular flexibility index (Phi) is 5.75. The number of aliphatic hydroxyl groups is 1. The molecule has 0 spiro atoms. The number of hydrogen-bond donors (Lipinski definition) is 2. The number of nitrogens with one attached hydrogen (secondary N) is 1. The predicted octanol–water partition coefficient (Wildman–Crippen LogP) is 3.69. The highest BCUT2D eigenvalue weighted by molar-refractivity contribution is 5.43. The third kappa shape index (κ3) is 4.65. The van der Waals surface area contributed by atoms with Crippen LogP contribution in [0.25, 0.3) is 0 Å². The van der Waals surface area contributed by atoms with Crippen LogP contribution in [0.5, 0.6) is 5.75 Å². The molecular weight excluding hydrogens is 288 g/mol. The number of benzene rings is 1. The lowest BCUT2D eigenvalue weighted by molar-refractivity contribution is -0.0507. The van der Waals surface area contributed by atoms with E-state index in [9.17, 15) is 13.9 Å². The van der Waals surface area contributed by atoms with Gasteiger partial charge in [0.05, 0.1) is 5.60 Å². The second-order valence-corrected chi connectivity index (χ2v) is 6.33. The van der Waals surface area contributed by atoms with Crippen LogP contribution in [0.3, 0.4) is 0 Å². The van der Waals surface area contributed by atoms with Crippen LogP contribution < -0.4 is 10.1 Å². The van der Waals surface area contributed by atoms with E-state index in [1.807, 2.05) is 12.1 Å². The number of hydrogen-bond acceptors (Lipinski definition) is 3. The van der Waals surface area contributed by atoms with Gasteiger partial charge in [0.25, 0.3) is 0 Å². The Hall–Kier alpha value is -1.20. The fourth-order valence-corrected chi connectivity index (χ4v) is 3.24. The molecular formula is C17H25F2NO2. The monoisotopic (exact) mass is 313 g/mol. The highest BCUT2D eigenvalue weighted by Gasteiger charge is 2.28. The molecule has 0 aliphatic heterocycles. The molecule has 0 amide bonds. The number of rotatable bonds is 6. The molecule has 1 aromatic rings. The van der Waals surface area contributed by atoms with Crippen LogP contribution in [-0.4, -0.2) is 23.9 Å². The number of aryl methyl sites for hydroxylation is 2. The van der Waals surface area contributed by atoms with E-state index in [-0.39, 0.29) is 5.75 Å². The number of halogens is 2. The minimum atomic E-state index is -2.80. The fraction of sp³-hybridized carbons (Fsp3) is 0.647. The lowest BCUT2D eigenvalue weighted by atomic mass is 9.85. The van der Waals surface area contributed by atoms with Gasteiger partial charge in [-0.3, -0.25) is 0 Å². The Morgan fingerprint density at radius 3 is 2.32 bits per heavy atom. The molecule has 0 bridgehead atoms. The molecule has 0 unspecified atom stereocenters. The first-order valence-electron chi connectivity index (χ1n) is 7.88. The highest BCUT2D eigenvalue weighted by atomic mass is 19.3. The van der Waals surface area contributed by atoms with Crippen LogP contribution >= 0.6 is 0 Å². The summed E-state index contributed by atoms with van der Waals surface area (Å²) >= 11 is 0. The van der Waals surface area contributed by atoms with Crippen LogP contribution in [-0.2, 0) is 6.54 Å². The maximum Gasteiger partial charge on any atom is 0.387 e. The fourth-order valence-electron chi connectivity index (χ4n) is 3.24. The molecule has 2 rings (SSSR count). The van der Waals surface area contributed by atoms with Crippen molar-refractivity contribution in [3.63, 3.8) is 0 Å². The van der Waals surface area contributed by atoms with Crippen LogP contribution in [0.4, 0.5) is 8.78 Å². The average molecular weight is 313 g/mol. The molecule has 3 nitrogen and oxygen atoms in total. The SMILES string of the molecule is Cc1cc(CNCC2(O)CCCCC2)cc(C)c1OC(F)F. The molecule has 1 fully saturated rings. The Labute approximate surface area is 130 Å². The van der Waals surface area contributed by atoms with Gasteiger partial charge in [0.15, 0.2) is 0 Å². The van der Waals surface area contributed by atoms with Gasteiger partial charge >= 0.3 is 6.61 Å². The van der Waals surface area contributed by atoms with Gasteiger partial charge in [-0.2, -0.15) is 8.78 Å². The molecule has 0 radical (unpaired) electrons. The van der Waals surface area contributed by atoms with Crippen molar-refractivity contribution >= 4 is 0 Å². The Morgan fingerprint density at radius 1 is 1.18 bits per heavy atom. The van der Waals surface area contributed by atoms with Gasteiger partial charge in [-0.15, -0.1) is 0 Å². The van der Waals surface area contributed by atoms with Crippen LogP contribution in [0.15, 0.2) is 12.1 Å². The Morgan fingerprint density at radius 2 is 1.77 bits per heavy atom. The summed E-state index contributed by atoms with van der Waals surface area (Å²) in [7, 11) is 0. The molecule has 1 aliphatic carbocycles. The molecule has 1 aromatic carbocycles. The molecule has 2 N–H and O–H groups in total. The molecule has 22 heavy (non-hydrogen) atoms.